The van der Waals surface area contributed by atoms with E-state index in [1.165, 1.54) is 0 Å². The zero-order chi connectivity index (χ0) is 15.7. The average molecular weight is 355 g/mol. The van der Waals surface area contributed by atoms with Gasteiger partial charge in [-0.15, -0.1) is 0 Å². The fourth-order valence-corrected chi connectivity index (χ4v) is 2.79. The zero-order valence-corrected chi connectivity index (χ0v) is 13.5. The minimum atomic E-state index is -0.247. The second-order valence-electron chi connectivity index (χ2n) is 4.61. The van der Waals surface area contributed by atoms with Crippen molar-refractivity contribution in [2.45, 2.75) is 6.61 Å². The summed E-state index contributed by atoms with van der Waals surface area (Å²) in [5.74, 6) is 0.455. The molecule has 0 radical (unpaired) electrons. The van der Waals surface area contributed by atoms with Crippen molar-refractivity contribution >= 4 is 34.8 Å². The van der Waals surface area contributed by atoms with Crippen LogP contribution >= 0.6 is 34.8 Å². The molecule has 1 N–H and O–H groups in total. The monoisotopic (exact) mass is 353 g/mol. The lowest BCUT2D eigenvalue weighted by atomic mass is 10.0. The molecule has 3 rings (SSSR count). The van der Waals surface area contributed by atoms with Gasteiger partial charge >= 0.3 is 0 Å². The van der Waals surface area contributed by atoms with Gasteiger partial charge in [0.15, 0.2) is 5.76 Å². The van der Waals surface area contributed by atoms with Gasteiger partial charge in [-0.2, -0.15) is 0 Å². The van der Waals surface area contributed by atoms with Gasteiger partial charge in [0.05, 0.1) is 22.2 Å². The highest BCUT2D eigenvalue weighted by Gasteiger charge is 2.21. The number of nitrogens with zero attached hydrogens (tertiary/aromatic N) is 1. The van der Waals surface area contributed by atoms with Crippen LogP contribution in [0.15, 0.2) is 47.0 Å². The largest absolute Gasteiger partial charge is 0.391 e. The van der Waals surface area contributed by atoms with Crippen molar-refractivity contribution < 1.29 is 9.63 Å². The van der Waals surface area contributed by atoms with Crippen LogP contribution in [0.1, 0.15) is 5.56 Å². The van der Waals surface area contributed by atoms with Crippen LogP contribution in [0.25, 0.3) is 22.6 Å². The average Bonchev–Trinajstić information content (AvgIpc) is 2.93. The summed E-state index contributed by atoms with van der Waals surface area (Å²) in [7, 11) is 0. The molecule has 3 nitrogen and oxygen atoms in total. The number of rotatable bonds is 3. The lowest BCUT2D eigenvalue weighted by Crippen LogP contribution is -1.90. The van der Waals surface area contributed by atoms with Crippen molar-refractivity contribution in [1.82, 2.24) is 5.16 Å². The van der Waals surface area contributed by atoms with Crippen LogP contribution in [-0.2, 0) is 6.61 Å². The summed E-state index contributed by atoms with van der Waals surface area (Å²) < 4.78 is 5.41. The molecule has 112 valence electrons. The van der Waals surface area contributed by atoms with Crippen LogP contribution in [0.3, 0.4) is 0 Å². The third-order valence-corrected chi connectivity index (χ3v) is 4.29. The van der Waals surface area contributed by atoms with E-state index in [1.807, 2.05) is 6.07 Å². The van der Waals surface area contributed by atoms with Crippen LogP contribution in [0.2, 0.25) is 15.1 Å². The SMILES string of the molecule is OCc1c(-c2cccc(Cl)c2Cl)noc1-c1cccc(Cl)c1. The molecule has 0 spiro atoms. The van der Waals surface area contributed by atoms with Gasteiger partial charge in [0.2, 0.25) is 0 Å². The predicted octanol–water partition coefficient (Wildman–Crippen LogP) is 5.46. The molecule has 0 fully saturated rings. The molecule has 1 heterocycles. The Morgan fingerprint density at radius 1 is 1.05 bits per heavy atom. The third kappa shape index (κ3) is 2.73. The number of halogens is 3. The number of aromatic nitrogens is 1. The van der Waals surface area contributed by atoms with E-state index >= 15 is 0 Å². The number of hydrogen-bond acceptors (Lipinski definition) is 3. The maximum absolute atomic E-state index is 9.73. The predicted molar refractivity (Wildman–Crippen MR) is 88.3 cm³/mol. The van der Waals surface area contributed by atoms with Crippen LogP contribution in [0, 0.1) is 0 Å². The second-order valence-corrected chi connectivity index (χ2v) is 5.83. The van der Waals surface area contributed by atoms with Gasteiger partial charge in [-0.3, -0.25) is 0 Å². The summed E-state index contributed by atoms with van der Waals surface area (Å²) in [5, 5.41) is 15.1. The Labute approximate surface area is 142 Å². The molecule has 0 aliphatic carbocycles. The summed E-state index contributed by atoms with van der Waals surface area (Å²) in [6, 6.07) is 12.3. The molecule has 2 aromatic carbocycles. The summed E-state index contributed by atoms with van der Waals surface area (Å²) in [5.41, 5.74) is 2.33. The molecule has 6 heteroatoms. The lowest BCUT2D eigenvalue weighted by molar-refractivity contribution is 0.281. The number of aliphatic hydroxyl groups excluding tert-OH is 1. The molecule has 1 aromatic heterocycles. The third-order valence-electron chi connectivity index (χ3n) is 3.24. The topological polar surface area (TPSA) is 46.3 Å². The molecule has 0 bridgehead atoms. The van der Waals surface area contributed by atoms with Gasteiger partial charge < -0.3 is 9.63 Å². The molecule has 0 atom stereocenters. The zero-order valence-electron chi connectivity index (χ0n) is 11.2. The standard InChI is InChI=1S/C16H10Cl3NO2/c17-10-4-1-3-9(7-10)16-12(8-21)15(20-22-16)11-5-2-6-13(18)14(11)19/h1-7,21H,8H2. The number of benzene rings is 2. The van der Waals surface area contributed by atoms with Crippen molar-refractivity contribution in [3.8, 4) is 22.6 Å². The Morgan fingerprint density at radius 3 is 2.55 bits per heavy atom. The van der Waals surface area contributed by atoms with Crippen molar-refractivity contribution in [2.24, 2.45) is 0 Å². The van der Waals surface area contributed by atoms with Crippen LogP contribution in [0.5, 0.6) is 0 Å². The van der Waals surface area contributed by atoms with E-state index in [-0.39, 0.29) is 6.61 Å². The first-order chi connectivity index (χ1) is 10.6. The smallest absolute Gasteiger partial charge is 0.173 e. The fraction of sp³-hybridized carbons (Fsp3) is 0.0625. The number of hydrogen-bond donors (Lipinski definition) is 1. The second kappa shape index (κ2) is 6.31. The van der Waals surface area contributed by atoms with Gasteiger partial charge in [-0.25, -0.2) is 0 Å². The van der Waals surface area contributed by atoms with E-state index in [0.717, 1.165) is 5.56 Å². The first kappa shape index (κ1) is 15.4. The minimum Gasteiger partial charge on any atom is -0.391 e. The Hall–Kier alpha value is -1.52. The van der Waals surface area contributed by atoms with Crippen molar-refractivity contribution in [1.29, 1.82) is 0 Å². The van der Waals surface area contributed by atoms with Gasteiger partial charge in [0.25, 0.3) is 0 Å². The summed E-state index contributed by atoms with van der Waals surface area (Å²) in [6.07, 6.45) is 0. The highest BCUT2D eigenvalue weighted by Crippen LogP contribution is 2.38. The van der Waals surface area contributed by atoms with E-state index in [2.05, 4.69) is 5.16 Å². The molecular formula is C16H10Cl3NO2. The lowest BCUT2D eigenvalue weighted by Gasteiger charge is -2.05. The quantitative estimate of drug-likeness (QED) is 0.679. The maximum atomic E-state index is 9.73. The molecular weight excluding hydrogens is 345 g/mol. The molecule has 0 amide bonds. The van der Waals surface area contributed by atoms with Gasteiger partial charge in [0.1, 0.15) is 5.69 Å². The van der Waals surface area contributed by atoms with Crippen LogP contribution < -0.4 is 0 Å². The Balaban J connectivity index is 2.18. The van der Waals surface area contributed by atoms with Crippen molar-refractivity contribution in [3.63, 3.8) is 0 Å². The highest BCUT2D eigenvalue weighted by atomic mass is 35.5. The summed E-state index contributed by atoms with van der Waals surface area (Å²) in [6.45, 7) is -0.247. The maximum Gasteiger partial charge on any atom is 0.173 e. The first-order valence-electron chi connectivity index (χ1n) is 6.41. The van der Waals surface area contributed by atoms with Crippen molar-refractivity contribution in [3.05, 3.63) is 63.1 Å². The number of aliphatic hydroxyl groups is 1. The van der Waals surface area contributed by atoms with Crippen molar-refractivity contribution in [2.75, 3.05) is 0 Å². The Morgan fingerprint density at radius 2 is 1.82 bits per heavy atom. The highest BCUT2D eigenvalue weighted by molar-refractivity contribution is 6.43. The first-order valence-corrected chi connectivity index (χ1v) is 7.55. The van der Waals surface area contributed by atoms with Gasteiger partial charge in [-0.1, -0.05) is 64.2 Å². The Bertz CT molecular complexity index is 830. The van der Waals surface area contributed by atoms with E-state index < -0.39 is 0 Å². The van der Waals surface area contributed by atoms with E-state index in [9.17, 15) is 5.11 Å². The van der Waals surface area contributed by atoms with E-state index in [1.54, 1.807) is 36.4 Å². The molecule has 0 saturated carbocycles. The molecule has 3 aromatic rings. The van der Waals surface area contributed by atoms with Crippen LogP contribution in [0.4, 0.5) is 0 Å². The molecule has 0 aliphatic rings. The molecule has 0 unspecified atom stereocenters. The molecule has 0 aliphatic heterocycles. The fourth-order valence-electron chi connectivity index (χ4n) is 2.21. The van der Waals surface area contributed by atoms with Gasteiger partial charge in [0, 0.05) is 16.1 Å². The minimum absolute atomic E-state index is 0.247. The van der Waals surface area contributed by atoms with E-state index in [4.69, 9.17) is 39.3 Å². The normalized spacial score (nSPS) is 10.9. The summed E-state index contributed by atoms with van der Waals surface area (Å²) >= 11 is 18.3. The van der Waals surface area contributed by atoms with E-state index in [0.29, 0.717) is 37.6 Å². The Kier molecular flexibility index (Phi) is 4.41. The van der Waals surface area contributed by atoms with Gasteiger partial charge in [-0.05, 0) is 18.2 Å². The molecule has 22 heavy (non-hydrogen) atoms. The summed E-state index contributed by atoms with van der Waals surface area (Å²) in [4.78, 5) is 0. The van der Waals surface area contributed by atoms with Crippen LogP contribution in [-0.4, -0.2) is 10.3 Å². The molecule has 0 saturated heterocycles.